The number of benzene rings is 2. The number of ether oxygens (including phenoxy) is 1. The van der Waals surface area contributed by atoms with Gasteiger partial charge >= 0.3 is 5.92 Å². The van der Waals surface area contributed by atoms with Crippen molar-refractivity contribution < 1.29 is 33.0 Å². The van der Waals surface area contributed by atoms with Crippen LogP contribution in [-0.4, -0.2) is 47.1 Å². The molecule has 0 aliphatic carbocycles. The molecule has 8 nitrogen and oxygen atoms in total. The third kappa shape index (κ3) is 4.44. The number of fused-ring (bicyclic) bond motifs is 1. The van der Waals surface area contributed by atoms with Crippen LogP contribution in [0.5, 0.6) is 5.75 Å². The van der Waals surface area contributed by atoms with Gasteiger partial charge in [0.2, 0.25) is 11.8 Å². The highest BCUT2D eigenvalue weighted by atomic mass is 19.3. The molecule has 33 heavy (non-hydrogen) atoms. The summed E-state index contributed by atoms with van der Waals surface area (Å²) in [6.45, 7) is 0.117. The van der Waals surface area contributed by atoms with E-state index in [0.29, 0.717) is 22.4 Å². The molecule has 0 bridgehead atoms. The number of piperidine rings is 1. The standard InChI is InChI=1S/C23H23F2N3O5/c1-33-16-5-3-15(4-6-16)23(24,25)22(32)26-11-13-2-7-17-14(10-13)12-28(21(17)31)18-8-9-19(29)27-20(18)30/h2-7,10,18,22,26,32H,8-9,11-12H2,1H3,(H,27,29,30). The quantitative estimate of drug-likeness (QED) is 0.429. The molecule has 3 amide bonds. The Morgan fingerprint density at radius 1 is 1.21 bits per heavy atom. The SMILES string of the molecule is COc1ccc(C(F)(F)C(O)NCc2ccc3c(c2)CN(C2CCC(=O)NC2=O)C3=O)cc1. The molecular formula is C23H23F2N3O5. The second-order valence-electron chi connectivity index (χ2n) is 8.03. The fraction of sp³-hybridized carbons (Fsp3) is 0.348. The molecule has 2 atom stereocenters. The van der Waals surface area contributed by atoms with Crippen LogP contribution in [-0.2, 0) is 28.6 Å². The van der Waals surface area contributed by atoms with E-state index in [1.165, 1.54) is 36.3 Å². The van der Waals surface area contributed by atoms with Crippen molar-refractivity contribution in [2.75, 3.05) is 7.11 Å². The number of nitrogens with one attached hydrogen (secondary N) is 2. The molecule has 10 heteroatoms. The van der Waals surface area contributed by atoms with Crippen LogP contribution in [0.15, 0.2) is 42.5 Å². The lowest BCUT2D eigenvalue weighted by molar-refractivity contribution is -0.136. The van der Waals surface area contributed by atoms with E-state index in [1.54, 1.807) is 18.2 Å². The summed E-state index contributed by atoms with van der Waals surface area (Å²) in [5.41, 5.74) is 1.31. The Morgan fingerprint density at radius 2 is 1.94 bits per heavy atom. The molecule has 0 saturated carbocycles. The topological polar surface area (TPSA) is 108 Å². The third-order valence-electron chi connectivity index (χ3n) is 5.91. The number of amides is 3. The molecule has 2 aromatic rings. The number of aliphatic hydroxyl groups is 1. The zero-order chi connectivity index (χ0) is 23.8. The van der Waals surface area contributed by atoms with Gasteiger partial charge in [0.05, 0.1) is 7.11 Å². The van der Waals surface area contributed by atoms with Crippen molar-refractivity contribution in [2.45, 2.75) is 44.1 Å². The first-order valence-electron chi connectivity index (χ1n) is 10.4. The predicted octanol–water partition coefficient (Wildman–Crippen LogP) is 1.66. The summed E-state index contributed by atoms with van der Waals surface area (Å²) in [6, 6.07) is 9.30. The number of methoxy groups -OCH3 is 1. The minimum Gasteiger partial charge on any atom is -0.497 e. The fourth-order valence-corrected chi connectivity index (χ4v) is 4.05. The Labute approximate surface area is 188 Å². The monoisotopic (exact) mass is 459 g/mol. The van der Waals surface area contributed by atoms with Crippen LogP contribution in [0, 0.1) is 0 Å². The zero-order valence-electron chi connectivity index (χ0n) is 17.8. The van der Waals surface area contributed by atoms with Gasteiger partial charge in [0.25, 0.3) is 5.91 Å². The molecule has 174 valence electrons. The minimum absolute atomic E-state index is 0.0627. The first kappa shape index (κ1) is 22.8. The lowest BCUT2D eigenvalue weighted by Crippen LogP contribution is -2.52. The number of rotatable bonds is 7. The van der Waals surface area contributed by atoms with Crippen LogP contribution in [0.3, 0.4) is 0 Å². The number of hydrogen-bond donors (Lipinski definition) is 3. The number of aliphatic hydroxyl groups excluding tert-OH is 1. The zero-order valence-corrected chi connectivity index (χ0v) is 17.8. The van der Waals surface area contributed by atoms with Gasteiger partial charge in [-0.15, -0.1) is 0 Å². The molecule has 2 aliphatic heterocycles. The molecule has 3 N–H and O–H groups in total. The van der Waals surface area contributed by atoms with Gasteiger partial charge in [-0.2, -0.15) is 8.78 Å². The van der Waals surface area contributed by atoms with Gasteiger partial charge in [-0.25, -0.2) is 0 Å². The number of carbonyl (C=O) groups is 3. The van der Waals surface area contributed by atoms with Crippen LogP contribution < -0.4 is 15.4 Å². The Hall–Kier alpha value is -3.37. The highest BCUT2D eigenvalue weighted by Crippen LogP contribution is 2.32. The average Bonchev–Trinajstić information content (AvgIpc) is 3.12. The van der Waals surface area contributed by atoms with Gasteiger partial charge in [0, 0.05) is 30.6 Å². The largest absolute Gasteiger partial charge is 0.497 e. The van der Waals surface area contributed by atoms with E-state index in [9.17, 15) is 28.3 Å². The van der Waals surface area contributed by atoms with Gasteiger partial charge in [0.1, 0.15) is 11.8 Å². The second-order valence-corrected chi connectivity index (χ2v) is 8.03. The first-order chi connectivity index (χ1) is 15.7. The summed E-state index contributed by atoms with van der Waals surface area (Å²) >= 11 is 0. The van der Waals surface area contributed by atoms with Gasteiger partial charge in [-0.05, 0) is 47.9 Å². The number of carbonyl (C=O) groups excluding carboxylic acids is 3. The maximum absolute atomic E-state index is 14.6. The van der Waals surface area contributed by atoms with Gasteiger partial charge < -0.3 is 14.7 Å². The molecular weight excluding hydrogens is 436 g/mol. The maximum atomic E-state index is 14.6. The van der Waals surface area contributed by atoms with Gasteiger partial charge in [0.15, 0.2) is 6.23 Å². The van der Waals surface area contributed by atoms with Crippen molar-refractivity contribution in [2.24, 2.45) is 0 Å². The predicted molar refractivity (Wildman–Crippen MR) is 112 cm³/mol. The molecule has 2 heterocycles. The highest BCUT2D eigenvalue weighted by molar-refractivity contribution is 6.05. The average molecular weight is 459 g/mol. The number of hydrogen-bond acceptors (Lipinski definition) is 6. The number of alkyl halides is 2. The molecule has 1 saturated heterocycles. The molecule has 4 rings (SSSR count). The molecule has 0 radical (unpaired) electrons. The fourth-order valence-electron chi connectivity index (χ4n) is 4.05. The molecule has 2 aromatic carbocycles. The maximum Gasteiger partial charge on any atom is 0.311 e. The third-order valence-corrected chi connectivity index (χ3v) is 5.91. The Kier molecular flexibility index (Phi) is 6.13. The summed E-state index contributed by atoms with van der Waals surface area (Å²) in [5, 5.41) is 14.8. The molecule has 1 fully saturated rings. The van der Waals surface area contributed by atoms with Crippen LogP contribution in [0.2, 0.25) is 0 Å². The van der Waals surface area contributed by atoms with Crippen molar-refractivity contribution in [3.8, 4) is 5.75 Å². The van der Waals surface area contributed by atoms with E-state index < -0.39 is 24.1 Å². The number of imide groups is 1. The van der Waals surface area contributed by atoms with Crippen molar-refractivity contribution >= 4 is 17.7 Å². The van der Waals surface area contributed by atoms with Crippen LogP contribution in [0.4, 0.5) is 8.78 Å². The van der Waals surface area contributed by atoms with Crippen LogP contribution >= 0.6 is 0 Å². The van der Waals surface area contributed by atoms with E-state index in [-0.39, 0.29) is 43.3 Å². The Morgan fingerprint density at radius 3 is 2.61 bits per heavy atom. The van der Waals surface area contributed by atoms with Crippen molar-refractivity contribution in [3.05, 3.63) is 64.7 Å². The van der Waals surface area contributed by atoms with E-state index in [0.717, 1.165) is 0 Å². The summed E-state index contributed by atoms with van der Waals surface area (Å²) in [7, 11) is 1.43. The molecule has 2 unspecified atom stereocenters. The summed E-state index contributed by atoms with van der Waals surface area (Å²) < 4.78 is 34.2. The van der Waals surface area contributed by atoms with Crippen molar-refractivity contribution in [1.29, 1.82) is 0 Å². The van der Waals surface area contributed by atoms with Crippen molar-refractivity contribution in [1.82, 2.24) is 15.5 Å². The van der Waals surface area contributed by atoms with Crippen LogP contribution in [0.1, 0.15) is 39.9 Å². The van der Waals surface area contributed by atoms with E-state index in [4.69, 9.17) is 4.74 Å². The van der Waals surface area contributed by atoms with Gasteiger partial charge in [-0.1, -0.05) is 12.1 Å². The normalized spacial score (nSPS) is 19.3. The first-order valence-corrected chi connectivity index (χ1v) is 10.4. The molecule has 2 aliphatic rings. The van der Waals surface area contributed by atoms with E-state index in [2.05, 4.69) is 10.6 Å². The number of halogens is 2. The smallest absolute Gasteiger partial charge is 0.311 e. The Balaban J connectivity index is 1.41. The lowest BCUT2D eigenvalue weighted by atomic mass is 10.0. The lowest BCUT2D eigenvalue weighted by Gasteiger charge is -2.29. The van der Waals surface area contributed by atoms with Crippen molar-refractivity contribution in [3.63, 3.8) is 0 Å². The summed E-state index contributed by atoms with van der Waals surface area (Å²) in [4.78, 5) is 37.7. The van der Waals surface area contributed by atoms with E-state index in [1.807, 2.05) is 0 Å². The number of nitrogens with zero attached hydrogens (tertiary/aromatic N) is 1. The minimum atomic E-state index is -3.54. The highest BCUT2D eigenvalue weighted by Gasteiger charge is 2.41. The molecule has 0 spiro atoms. The molecule has 0 aromatic heterocycles. The van der Waals surface area contributed by atoms with E-state index >= 15 is 0 Å². The summed E-state index contributed by atoms with van der Waals surface area (Å²) in [5.74, 6) is -4.29. The van der Waals surface area contributed by atoms with Crippen LogP contribution in [0.25, 0.3) is 0 Å². The Bertz CT molecular complexity index is 1090. The summed E-state index contributed by atoms with van der Waals surface area (Å²) in [6.07, 6.45) is -1.72. The van der Waals surface area contributed by atoms with Gasteiger partial charge in [-0.3, -0.25) is 25.0 Å². The second kappa shape index (κ2) is 8.87.